The van der Waals surface area contributed by atoms with Crippen LogP contribution in [0.3, 0.4) is 0 Å². The lowest BCUT2D eigenvalue weighted by atomic mass is 10.1. The zero-order valence-electron chi connectivity index (χ0n) is 9.27. The van der Waals surface area contributed by atoms with Crippen molar-refractivity contribution in [1.29, 1.82) is 0 Å². The highest BCUT2D eigenvalue weighted by atomic mass is 32.1. The maximum Gasteiger partial charge on any atom is 0.348 e. The molecule has 84 valence electrons. The molecule has 0 aliphatic rings. The first-order valence-electron chi connectivity index (χ1n) is 5.28. The summed E-state index contributed by atoms with van der Waals surface area (Å²) in [4.78, 5) is 12.1. The number of thiophene rings is 1. The second-order valence-corrected chi connectivity index (χ2v) is 4.92. The second-order valence-electron chi connectivity index (χ2n) is 3.84. The van der Waals surface area contributed by atoms with Crippen LogP contribution in [0.2, 0.25) is 0 Å². The van der Waals surface area contributed by atoms with E-state index < -0.39 is 0 Å². The fraction of sp³-hybridized carbons (Fsp3) is 0.0714. The van der Waals surface area contributed by atoms with Crippen molar-refractivity contribution < 1.29 is 9.53 Å². The lowest BCUT2D eigenvalue weighted by molar-refractivity contribution is 0.0606. The molecule has 1 heterocycles. The van der Waals surface area contributed by atoms with E-state index in [0.29, 0.717) is 4.88 Å². The molecule has 3 aromatic rings. The first kappa shape index (κ1) is 10.3. The molecule has 0 fully saturated rings. The molecule has 3 rings (SSSR count). The first-order chi connectivity index (χ1) is 8.28. The fourth-order valence-electron chi connectivity index (χ4n) is 1.93. The quantitative estimate of drug-likeness (QED) is 0.606. The van der Waals surface area contributed by atoms with Gasteiger partial charge in [-0.15, -0.1) is 11.3 Å². The van der Waals surface area contributed by atoms with E-state index in [-0.39, 0.29) is 5.97 Å². The molecule has 0 radical (unpaired) electrons. The highest BCUT2D eigenvalue weighted by Crippen LogP contribution is 2.30. The minimum atomic E-state index is -0.268. The Kier molecular flexibility index (Phi) is 2.34. The molecule has 0 unspecified atom stereocenters. The number of benzene rings is 2. The Labute approximate surface area is 102 Å². The number of methoxy groups -OCH3 is 1. The predicted octanol–water partition coefficient (Wildman–Crippen LogP) is 3.84. The van der Waals surface area contributed by atoms with Gasteiger partial charge < -0.3 is 4.74 Å². The average molecular weight is 242 g/mol. The Morgan fingerprint density at radius 2 is 1.76 bits per heavy atom. The molecule has 0 saturated carbocycles. The van der Waals surface area contributed by atoms with Crippen molar-refractivity contribution in [2.45, 2.75) is 0 Å². The maximum absolute atomic E-state index is 11.5. The van der Waals surface area contributed by atoms with Gasteiger partial charge in [-0.3, -0.25) is 0 Å². The molecule has 2 aromatic carbocycles. The third-order valence-electron chi connectivity index (χ3n) is 2.77. The van der Waals surface area contributed by atoms with Gasteiger partial charge in [0.1, 0.15) is 4.88 Å². The van der Waals surface area contributed by atoms with Gasteiger partial charge in [-0.05, 0) is 34.4 Å². The number of ether oxygens (including phenoxy) is 1. The standard InChI is InChI=1S/C14H10O2S/c1-16-14(15)13-8-11-6-9-4-2-3-5-10(9)7-12(11)17-13/h2-8H,1H3. The second kappa shape index (κ2) is 3.86. The van der Waals surface area contributed by atoms with Crippen LogP contribution in [0.4, 0.5) is 0 Å². The lowest BCUT2D eigenvalue weighted by Gasteiger charge is -1.96. The Morgan fingerprint density at radius 1 is 1.06 bits per heavy atom. The first-order valence-corrected chi connectivity index (χ1v) is 6.10. The molecular formula is C14H10O2S. The third-order valence-corrected chi connectivity index (χ3v) is 3.85. The highest BCUT2D eigenvalue weighted by Gasteiger charge is 2.10. The maximum atomic E-state index is 11.5. The molecule has 3 heteroatoms. The zero-order valence-corrected chi connectivity index (χ0v) is 10.1. The number of fused-ring (bicyclic) bond motifs is 2. The van der Waals surface area contributed by atoms with Gasteiger partial charge in [-0.1, -0.05) is 24.3 Å². The van der Waals surface area contributed by atoms with Gasteiger partial charge >= 0.3 is 5.97 Å². The van der Waals surface area contributed by atoms with Gasteiger partial charge in [0.2, 0.25) is 0 Å². The van der Waals surface area contributed by atoms with Crippen LogP contribution < -0.4 is 0 Å². The van der Waals surface area contributed by atoms with Crippen LogP contribution >= 0.6 is 11.3 Å². The van der Waals surface area contributed by atoms with Gasteiger partial charge in [0.05, 0.1) is 7.11 Å². The molecule has 2 nitrogen and oxygen atoms in total. The van der Waals surface area contributed by atoms with E-state index in [4.69, 9.17) is 4.74 Å². The largest absolute Gasteiger partial charge is 0.465 e. The van der Waals surface area contributed by atoms with Crippen molar-refractivity contribution >= 4 is 38.2 Å². The van der Waals surface area contributed by atoms with Crippen LogP contribution in [0.25, 0.3) is 20.9 Å². The van der Waals surface area contributed by atoms with Crippen LogP contribution in [0.15, 0.2) is 42.5 Å². The number of rotatable bonds is 1. The Bertz CT molecular complexity index is 660. The number of hydrogen-bond donors (Lipinski definition) is 0. The van der Waals surface area contributed by atoms with Crippen molar-refractivity contribution in [2.75, 3.05) is 7.11 Å². The van der Waals surface area contributed by atoms with Crippen LogP contribution in [-0.2, 0) is 4.74 Å². The van der Waals surface area contributed by atoms with Crippen LogP contribution in [-0.4, -0.2) is 13.1 Å². The molecule has 17 heavy (non-hydrogen) atoms. The smallest absolute Gasteiger partial charge is 0.348 e. The van der Waals surface area contributed by atoms with Crippen LogP contribution in [0.5, 0.6) is 0 Å². The number of carbonyl (C=O) groups is 1. The van der Waals surface area contributed by atoms with Gasteiger partial charge in [0.15, 0.2) is 0 Å². The van der Waals surface area contributed by atoms with Gasteiger partial charge in [0.25, 0.3) is 0 Å². The summed E-state index contributed by atoms with van der Waals surface area (Å²) in [7, 11) is 1.41. The van der Waals surface area contributed by atoms with E-state index in [0.717, 1.165) is 10.1 Å². The summed E-state index contributed by atoms with van der Waals surface area (Å²) in [5.74, 6) is -0.268. The highest BCUT2D eigenvalue weighted by molar-refractivity contribution is 7.20. The summed E-state index contributed by atoms with van der Waals surface area (Å²) in [6.45, 7) is 0. The summed E-state index contributed by atoms with van der Waals surface area (Å²) in [5.41, 5.74) is 0. The van der Waals surface area contributed by atoms with Crippen molar-refractivity contribution in [3.8, 4) is 0 Å². The van der Waals surface area contributed by atoms with Crippen LogP contribution in [0.1, 0.15) is 9.67 Å². The summed E-state index contributed by atoms with van der Waals surface area (Å²) in [6, 6.07) is 14.3. The van der Waals surface area contributed by atoms with E-state index in [1.165, 1.54) is 29.2 Å². The van der Waals surface area contributed by atoms with Gasteiger partial charge in [0, 0.05) is 4.70 Å². The van der Waals surface area contributed by atoms with E-state index in [1.807, 2.05) is 18.2 Å². The minimum absolute atomic E-state index is 0.268. The minimum Gasteiger partial charge on any atom is -0.465 e. The Hall–Kier alpha value is -1.87. The molecule has 0 saturated heterocycles. The molecule has 0 amide bonds. The summed E-state index contributed by atoms with van der Waals surface area (Å²) in [6.07, 6.45) is 0. The zero-order chi connectivity index (χ0) is 11.8. The summed E-state index contributed by atoms with van der Waals surface area (Å²) >= 11 is 1.47. The summed E-state index contributed by atoms with van der Waals surface area (Å²) < 4.78 is 5.85. The Balaban J connectivity index is 2.28. The normalized spacial score (nSPS) is 10.9. The van der Waals surface area contributed by atoms with Crippen LogP contribution in [0, 0.1) is 0 Å². The molecular weight excluding hydrogens is 232 g/mol. The van der Waals surface area contributed by atoms with Crippen molar-refractivity contribution in [3.63, 3.8) is 0 Å². The lowest BCUT2D eigenvalue weighted by Crippen LogP contribution is -1.96. The molecule has 0 N–H and O–H groups in total. The molecule has 0 bridgehead atoms. The topological polar surface area (TPSA) is 26.3 Å². The van der Waals surface area contributed by atoms with Gasteiger partial charge in [-0.25, -0.2) is 4.79 Å². The molecule has 0 aliphatic heterocycles. The Morgan fingerprint density at radius 3 is 2.47 bits per heavy atom. The fourth-order valence-corrected chi connectivity index (χ4v) is 2.94. The predicted molar refractivity (Wildman–Crippen MR) is 70.7 cm³/mol. The van der Waals surface area contributed by atoms with Gasteiger partial charge in [-0.2, -0.15) is 0 Å². The van der Waals surface area contributed by atoms with Crippen molar-refractivity contribution in [2.24, 2.45) is 0 Å². The summed E-state index contributed by atoms with van der Waals surface area (Å²) in [5, 5.41) is 3.47. The van der Waals surface area contributed by atoms with E-state index in [1.54, 1.807) is 0 Å². The van der Waals surface area contributed by atoms with E-state index in [2.05, 4.69) is 24.3 Å². The van der Waals surface area contributed by atoms with Crippen molar-refractivity contribution in [1.82, 2.24) is 0 Å². The van der Waals surface area contributed by atoms with E-state index in [9.17, 15) is 4.79 Å². The molecule has 0 spiro atoms. The number of carbonyl (C=O) groups excluding carboxylic acids is 1. The van der Waals surface area contributed by atoms with Crippen molar-refractivity contribution in [3.05, 3.63) is 47.3 Å². The molecule has 0 atom stereocenters. The monoisotopic (exact) mass is 242 g/mol. The average Bonchev–Trinajstić information content (AvgIpc) is 2.77. The number of esters is 1. The SMILES string of the molecule is COC(=O)c1cc2cc3ccccc3cc2s1. The number of hydrogen-bond acceptors (Lipinski definition) is 3. The van der Waals surface area contributed by atoms with E-state index >= 15 is 0 Å². The third kappa shape index (κ3) is 1.68. The molecule has 0 aliphatic carbocycles. The molecule has 1 aromatic heterocycles.